The average Bonchev–Trinajstić information content (AvgIpc) is 3.03. The Hall–Kier alpha value is -2.14. The van der Waals surface area contributed by atoms with Crippen molar-refractivity contribution in [2.45, 2.75) is 12.8 Å². The SMILES string of the molecule is O=C(Nc1ccc(-n2cccn2)cc1)C1CCNCC1. The number of aromatic nitrogens is 2. The molecule has 1 saturated heterocycles. The lowest BCUT2D eigenvalue weighted by Gasteiger charge is -2.21. The summed E-state index contributed by atoms with van der Waals surface area (Å²) in [6.45, 7) is 1.85. The maximum atomic E-state index is 12.1. The number of hydrogen-bond donors (Lipinski definition) is 2. The van der Waals surface area contributed by atoms with Crippen LogP contribution in [0.1, 0.15) is 12.8 Å². The fourth-order valence-electron chi connectivity index (χ4n) is 2.45. The lowest BCUT2D eigenvalue weighted by atomic mass is 9.97. The Labute approximate surface area is 118 Å². The van der Waals surface area contributed by atoms with Crippen LogP contribution >= 0.6 is 0 Å². The number of benzene rings is 1. The summed E-state index contributed by atoms with van der Waals surface area (Å²) in [7, 11) is 0. The van der Waals surface area contributed by atoms with E-state index in [2.05, 4.69) is 15.7 Å². The monoisotopic (exact) mass is 270 g/mol. The molecule has 0 atom stereocenters. The van der Waals surface area contributed by atoms with Gasteiger partial charge in [0.15, 0.2) is 0 Å². The van der Waals surface area contributed by atoms with Gasteiger partial charge in [-0.15, -0.1) is 0 Å². The van der Waals surface area contributed by atoms with Crippen LogP contribution in [-0.2, 0) is 4.79 Å². The third kappa shape index (κ3) is 2.88. The van der Waals surface area contributed by atoms with Crippen molar-refractivity contribution in [3.05, 3.63) is 42.7 Å². The minimum Gasteiger partial charge on any atom is -0.326 e. The van der Waals surface area contributed by atoms with Crippen molar-refractivity contribution in [2.75, 3.05) is 18.4 Å². The Bertz CT molecular complexity index is 556. The van der Waals surface area contributed by atoms with E-state index in [1.807, 2.05) is 36.5 Å². The van der Waals surface area contributed by atoms with E-state index in [4.69, 9.17) is 0 Å². The largest absolute Gasteiger partial charge is 0.326 e. The molecular weight excluding hydrogens is 252 g/mol. The minimum atomic E-state index is 0.123. The Morgan fingerprint density at radius 3 is 2.65 bits per heavy atom. The fraction of sp³-hybridized carbons (Fsp3) is 0.333. The number of carbonyl (C=O) groups excluding carboxylic acids is 1. The lowest BCUT2D eigenvalue weighted by molar-refractivity contribution is -0.120. The van der Waals surface area contributed by atoms with Crippen molar-refractivity contribution >= 4 is 11.6 Å². The van der Waals surface area contributed by atoms with E-state index < -0.39 is 0 Å². The highest BCUT2D eigenvalue weighted by Crippen LogP contribution is 2.17. The van der Waals surface area contributed by atoms with Gasteiger partial charge in [-0.05, 0) is 56.3 Å². The van der Waals surface area contributed by atoms with Crippen molar-refractivity contribution < 1.29 is 4.79 Å². The quantitative estimate of drug-likeness (QED) is 0.894. The van der Waals surface area contributed by atoms with E-state index in [0.29, 0.717) is 0 Å². The van der Waals surface area contributed by atoms with Gasteiger partial charge in [-0.1, -0.05) is 0 Å². The van der Waals surface area contributed by atoms with E-state index >= 15 is 0 Å². The van der Waals surface area contributed by atoms with E-state index in [0.717, 1.165) is 37.3 Å². The van der Waals surface area contributed by atoms with Crippen LogP contribution in [0.4, 0.5) is 5.69 Å². The standard InChI is InChI=1S/C15H18N4O/c20-15(12-6-9-16-10-7-12)18-13-2-4-14(5-3-13)19-11-1-8-17-19/h1-5,8,11-12,16H,6-7,9-10H2,(H,18,20). The summed E-state index contributed by atoms with van der Waals surface area (Å²) in [5.74, 6) is 0.250. The molecule has 0 spiro atoms. The highest BCUT2D eigenvalue weighted by atomic mass is 16.1. The number of anilines is 1. The Balaban J connectivity index is 1.64. The molecule has 0 aliphatic carbocycles. The van der Waals surface area contributed by atoms with E-state index in [-0.39, 0.29) is 11.8 Å². The van der Waals surface area contributed by atoms with E-state index in [1.165, 1.54) is 0 Å². The molecule has 2 N–H and O–H groups in total. The maximum Gasteiger partial charge on any atom is 0.227 e. The maximum absolute atomic E-state index is 12.1. The van der Waals surface area contributed by atoms with Gasteiger partial charge in [-0.25, -0.2) is 4.68 Å². The van der Waals surface area contributed by atoms with Gasteiger partial charge in [0.1, 0.15) is 0 Å². The van der Waals surface area contributed by atoms with E-state index in [1.54, 1.807) is 10.9 Å². The number of amides is 1. The van der Waals surface area contributed by atoms with Crippen molar-refractivity contribution in [1.82, 2.24) is 15.1 Å². The first-order chi connectivity index (χ1) is 9.83. The van der Waals surface area contributed by atoms with Crippen molar-refractivity contribution in [2.24, 2.45) is 5.92 Å². The molecule has 0 unspecified atom stereocenters. The van der Waals surface area contributed by atoms with Crippen molar-refractivity contribution in [3.63, 3.8) is 0 Å². The molecule has 1 amide bonds. The number of rotatable bonds is 3. The molecule has 104 valence electrons. The Morgan fingerprint density at radius 2 is 2.00 bits per heavy atom. The van der Waals surface area contributed by atoms with Gasteiger partial charge < -0.3 is 10.6 Å². The van der Waals surface area contributed by atoms with Crippen LogP contribution < -0.4 is 10.6 Å². The van der Waals surface area contributed by atoms with Gasteiger partial charge >= 0.3 is 0 Å². The summed E-state index contributed by atoms with van der Waals surface area (Å²) in [4.78, 5) is 12.1. The normalized spacial score (nSPS) is 16.0. The lowest BCUT2D eigenvalue weighted by Crippen LogP contribution is -2.34. The number of nitrogens with zero attached hydrogens (tertiary/aromatic N) is 2. The first-order valence-corrected chi connectivity index (χ1v) is 6.94. The Kier molecular flexibility index (Phi) is 3.78. The molecule has 0 radical (unpaired) electrons. The number of piperidine rings is 1. The molecule has 1 aliphatic heterocycles. The topological polar surface area (TPSA) is 59.0 Å². The predicted molar refractivity (Wildman–Crippen MR) is 77.8 cm³/mol. The highest BCUT2D eigenvalue weighted by molar-refractivity contribution is 5.92. The third-order valence-electron chi connectivity index (χ3n) is 3.61. The van der Waals surface area contributed by atoms with Crippen molar-refractivity contribution in [3.8, 4) is 5.69 Å². The molecule has 1 aromatic heterocycles. The molecule has 5 heteroatoms. The zero-order valence-electron chi connectivity index (χ0n) is 11.2. The van der Waals surface area contributed by atoms with Gasteiger partial charge in [-0.3, -0.25) is 4.79 Å². The third-order valence-corrected chi connectivity index (χ3v) is 3.61. The number of hydrogen-bond acceptors (Lipinski definition) is 3. The van der Waals surface area contributed by atoms with Gasteiger partial charge in [-0.2, -0.15) is 5.10 Å². The summed E-state index contributed by atoms with van der Waals surface area (Å²) >= 11 is 0. The van der Waals surface area contributed by atoms with Crippen LogP contribution in [-0.4, -0.2) is 28.8 Å². The minimum absolute atomic E-state index is 0.123. The van der Waals surface area contributed by atoms with Gasteiger partial charge in [0.25, 0.3) is 0 Å². The first kappa shape index (κ1) is 12.9. The van der Waals surface area contributed by atoms with E-state index in [9.17, 15) is 4.79 Å². The number of nitrogens with one attached hydrogen (secondary N) is 2. The number of carbonyl (C=O) groups is 1. The molecular formula is C15H18N4O. The van der Waals surface area contributed by atoms with Crippen LogP contribution in [0, 0.1) is 5.92 Å². The Morgan fingerprint density at radius 1 is 1.25 bits per heavy atom. The molecule has 1 aromatic carbocycles. The summed E-state index contributed by atoms with van der Waals surface area (Å²) in [6.07, 6.45) is 5.46. The molecule has 5 nitrogen and oxygen atoms in total. The van der Waals surface area contributed by atoms with Crippen LogP contribution in [0.15, 0.2) is 42.7 Å². The molecule has 3 rings (SSSR count). The van der Waals surface area contributed by atoms with Crippen LogP contribution in [0.2, 0.25) is 0 Å². The molecule has 20 heavy (non-hydrogen) atoms. The molecule has 1 aliphatic rings. The molecule has 0 saturated carbocycles. The van der Waals surface area contributed by atoms with Gasteiger partial charge in [0.05, 0.1) is 5.69 Å². The zero-order valence-corrected chi connectivity index (χ0v) is 11.2. The average molecular weight is 270 g/mol. The molecule has 1 fully saturated rings. The fourth-order valence-corrected chi connectivity index (χ4v) is 2.45. The van der Waals surface area contributed by atoms with Crippen LogP contribution in [0.5, 0.6) is 0 Å². The second-order valence-electron chi connectivity index (χ2n) is 5.01. The summed E-state index contributed by atoms with van der Waals surface area (Å²) < 4.78 is 1.79. The smallest absolute Gasteiger partial charge is 0.227 e. The summed E-state index contributed by atoms with van der Waals surface area (Å²) in [5, 5.41) is 10.4. The van der Waals surface area contributed by atoms with Crippen molar-refractivity contribution in [1.29, 1.82) is 0 Å². The zero-order chi connectivity index (χ0) is 13.8. The molecule has 2 aromatic rings. The summed E-state index contributed by atoms with van der Waals surface area (Å²) in [5.41, 5.74) is 1.82. The second kappa shape index (κ2) is 5.88. The summed E-state index contributed by atoms with van der Waals surface area (Å²) in [6, 6.07) is 9.61. The highest BCUT2D eigenvalue weighted by Gasteiger charge is 2.20. The van der Waals surface area contributed by atoms with Crippen LogP contribution in [0.25, 0.3) is 5.69 Å². The first-order valence-electron chi connectivity index (χ1n) is 6.94. The predicted octanol–water partition coefficient (Wildman–Crippen LogP) is 1.81. The van der Waals surface area contributed by atoms with Crippen LogP contribution in [0.3, 0.4) is 0 Å². The van der Waals surface area contributed by atoms with Gasteiger partial charge in [0, 0.05) is 24.0 Å². The molecule has 2 heterocycles. The van der Waals surface area contributed by atoms with Gasteiger partial charge in [0.2, 0.25) is 5.91 Å². The second-order valence-corrected chi connectivity index (χ2v) is 5.01. The molecule has 0 bridgehead atoms.